The maximum absolute atomic E-state index is 11.5. The van der Waals surface area contributed by atoms with Gasteiger partial charge in [-0.3, -0.25) is 0 Å². The molecule has 0 fully saturated rings. The van der Waals surface area contributed by atoms with Crippen molar-refractivity contribution in [1.29, 1.82) is 0 Å². The summed E-state index contributed by atoms with van der Waals surface area (Å²) in [6, 6.07) is 12.0. The minimum Gasteiger partial charge on any atom is -0.497 e. The molecule has 0 aliphatic rings. The van der Waals surface area contributed by atoms with E-state index < -0.39 is 5.97 Å². The number of hydrogen-bond acceptors (Lipinski definition) is 5. The molecular formula is C18H18O6. The van der Waals surface area contributed by atoms with Gasteiger partial charge in [0.2, 0.25) is 11.5 Å². The predicted molar refractivity (Wildman–Crippen MR) is 88.8 cm³/mol. The van der Waals surface area contributed by atoms with Gasteiger partial charge < -0.3 is 24.1 Å². The van der Waals surface area contributed by atoms with Gasteiger partial charge in [-0.1, -0.05) is 18.2 Å². The summed E-state index contributed by atoms with van der Waals surface area (Å²) in [5.74, 6) is 0.148. The average Bonchev–Trinajstić information content (AvgIpc) is 2.61. The smallest absolute Gasteiger partial charge is 0.371 e. The first-order chi connectivity index (χ1) is 11.6. The highest BCUT2D eigenvalue weighted by Crippen LogP contribution is 2.38. The lowest BCUT2D eigenvalue weighted by molar-refractivity contribution is -0.134. The topological polar surface area (TPSA) is 74.2 Å². The molecule has 2 aromatic carbocycles. The monoisotopic (exact) mass is 330 g/mol. The number of aliphatic carboxylic acids is 1. The molecule has 0 amide bonds. The van der Waals surface area contributed by atoms with Gasteiger partial charge in [0.25, 0.3) is 0 Å². The standard InChI is InChI=1S/C18H18O6/c1-21-13-9-7-12(8-10-13)11-16(18(19)20)24-17-14(22-2)5-4-6-15(17)23-3/h4-11H,1-3H3,(H,19,20). The third-order valence-corrected chi connectivity index (χ3v) is 3.22. The fourth-order valence-electron chi connectivity index (χ4n) is 2.01. The molecule has 0 saturated heterocycles. The molecule has 0 bridgehead atoms. The predicted octanol–water partition coefficient (Wildman–Crippen LogP) is 3.22. The third kappa shape index (κ3) is 3.98. The number of para-hydroxylation sites is 1. The molecular weight excluding hydrogens is 312 g/mol. The van der Waals surface area contributed by atoms with Crippen molar-refractivity contribution in [2.75, 3.05) is 21.3 Å². The summed E-state index contributed by atoms with van der Waals surface area (Å²) in [5.41, 5.74) is 0.655. The van der Waals surface area contributed by atoms with Gasteiger partial charge in [-0.15, -0.1) is 0 Å². The molecule has 2 aromatic rings. The van der Waals surface area contributed by atoms with Crippen molar-refractivity contribution in [2.45, 2.75) is 0 Å². The molecule has 0 aliphatic heterocycles. The van der Waals surface area contributed by atoms with Crippen LogP contribution in [0.1, 0.15) is 5.56 Å². The van der Waals surface area contributed by atoms with E-state index in [1.165, 1.54) is 20.3 Å². The summed E-state index contributed by atoms with van der Waals surface area (Å²) < 4.78 is 21.1. The molecule has 126 valence electrons. The van der Waals surface area contributed by atoms with Crippen LogP contribution in [0.3, 0.4) is 0 Å². The van der Waals surface area contributed by atoms with E-state index in [0.29, 0.717) is 22.8 Å². The summed E-state index contributed by atoms with van der Waals surface area (Å²) in [7, 11) is 4.50. The minimum atomic E-state index is -1.21. The molecule has 2 rings (SSSR count). The molecule has 0 spiro atoms. The van der Waals surface area contributed by atoms with Crippen LogP contribution in [0.2, 0.25) is 0 Å². The Bertz CT molecular complexity index is 711. The maximum atomic E-state index is 11.5. The Labute approximate surface area is 139 Å². The number of ether oxygens (including phenoxy) is 4. The van der Waals surface area contributed by atoms with Gasteiger partial charge in [0.1, 0.15) is 5.75 Å². The van der Waals surface area contributed by atoms with Crippen LogP contribution in [-0.4, -0.2) is 32.4 Å². The lowest BCUT2D eigenvalue weighted by Gasteiger charge is -2.14. The van der Waals surface area contributed by atoms with Crippen molar-refractivity contribution in [3.8, 4) is 23.0 Å². The van der Waals surface area contributed by atoms with Crippen molar-refractivity contribution in [2.24, 2.45) is 0 Å². The zero-order chi connectivity index (χ0) is 17.5. The Morgan fingerprint density at radius 2 is 1.50 bits per heavy atom. The number of carboxylic acid groups (broad SMARTS) is 1. The highest BCUT2D eigenvalue weighted by molar-refractivity contribution is 5.90. The lowest BCUT2D eigenvalue weighted by atomic mass is 10.2. The fraction of sp³-hybridized carbons (Fsp3) is 0.167. The first-order valence-electron chi connectivity index (χ1n) is 7.07. The van der Waals surface area contributed by atoms with E-state index in [2.05, 4.69) is 0 Å². The van der Waals surface area contributed by atoms with Crippen LogP contribution in [-0.2, 0) is 4.79 Å². The number of carbonyl (C=O) groups is 1. The molecule has 0 heterocycles. The van der Waals surface area contributed by atoms with Crippen LogP contribution in [0.5, 0.6) is 23.0 Å². The molecule has 0 unspecified atom stereocenters. The van der Waals surface area contributed by atoms with Crippen molar-refractivity contribution < 1.29 is 28.8 Å². The first kappa shape index (κ1) is 17.2. The second-order valence-electron chi connectivity index (χ2n) is 4.68. The van der Waals surface area contributed by atoms with Crippen LogP contribution in [0.15, 0.2) is 48.2 Å². The van der Waals surface area contributed by atoms with Gasteiger partial charge in [-0.05, 0) is 35.9 Å². The Balaban J connectivity index is 2.38. The summed E-state index contributed by atoms with van der Waals surface area (Å²) in [5, 5.41) is 9.42. The van der Waals surface area contributed by atoms with Crippen molar-refractivity contribution >= 4 is 12.0 Å². The number of methoxy groups -OCH3 is 3. The van der Waals surface area contributed by atoms with Crippen molar-refractivity contribution in [1.82, 2.24) is 0 Å². The maximum Gasteiger partial charge on any atom is 0.371 e. The van der Waals surface area contributed by atoms with Crippen LogP contribution < -0.4 is 18.9 Å². The normalized spacial score (nSPS) is 10.9. The number of rotatable bonds is 7. The Hall–Kier alpha value is -3.15. The second-order valence-corrected chi connectivity index (χ2v) is 4.68. The lowest BCUT2D eigenvalue weighted by Crippen LogP contribution is -2.09. The van der Waals surface area contributed by atoms with Gasteiger partial charge in [-0.2, -0.15) is 0 Å². The molecule has 6 heteroatoms. The van der Waals surface area contributed by atoms with Gasteiger partial charge >= 0.3 is 5.97 Å². The summed E-state index contributed by atoms with van der Waals surface area (Å²) >= 11 is 0. The highest BCUT2D eigenvalue weighted by atomic mass is 16.6. The van der Waals surface area contributed by atoms with E-state index in [-0.39, 0.29) is 11.5 Å². The fourth-order valence-corrected chi connectivity index (χ4v) is 2.01. The van der Waals surface area contributed by atoms with Crippen LogP contribution in [0.25, 0.3) is 6.08 Å². The number of carboxylic acids is 1. The van der Waals surface area contributed by atoms with Gasteiger partial charge in [0, 0.05) is 0 Å². The molecule has 0 atom stereocenters. The summed E-state index contributed by atoms with van der Waals surface area (Å²) in [4.78, 5) is 11.5. The Morgan fingerprint density at radius 3 is 1.96 bits per heavy atom. The summed E-state index contributed by atoms with van der Waals surface area (Å²) in [6.45, 7) is 0. The minimum absolute atomic E-state index is 0.199. The van der Waals surface area contributed by atoms with E-state index in [4.69, 9.17) is 18.9 Å². The zero-order valence-corrected chi connectivity index (χ0v) is 13.6. The third-order valence-electron chi connectivity index (χ3n) is 3.22. The van der Waals surface area contributed by atoms with Gasteiger partial charge in [0.15, 0.2) is 11.5 Å². The van der Waals surface area contributed by atoms with E-state index >= 15 is 0 Å². The zero-order valence-electron chi connectivity index (χ0n) is 13.6. The highest BCUT2D eigenvalue weighted by Gasteiger charge is 2.18. The summed E-state index contributed by atoms with van der Waals surface area (Å²) in [6.07, 6.45) is 1.41. The molecule has 0 aliphatic carbocycles. The Morgan fingerprint density at radius 1 is 0.917 bits per heavy atom. The van der Waals surface area contributed by atoms with E-state index in [9.17, 15) is 9.90 Å². The van der Waals surface area contributed by atoms with Crippen molar-refractivity contribution in [3.63, 3.8) is 0 Å². The quantitative estimate of drug-likeness (QED) is 0.621. The van der Waals surface area contributed by atoms with Crippen LogP contribution in [0, 0.1) is 0 Å². The second kappa shape index (κ2) is 7.92. The average molecular weight is 330 g/mol. The molecule has 6 nitrogen and oxygen atoms in total. The van der Waals surface area contributed by atoms with Gasteiger partial charge in [0.05, 0.1) is 21.3 Å². The molecule has 0 aromatic heterocycles. The SMILES string of the molecule is COc1ccc(C=C(Oc2c(OC)cccc2OC)C(=O)O)cc1. The number of benzene rings is 2. The van der Waals surface area contributed by atoms with Gasteiger partial charge in [-0.25, -0.2) is 4.79 Å². The van der Waals surface area contributed by atoms with Crippen LogP contribution in [0.4, 0.5) is 0 Å². The van der Waals surface area contributed by atoms with Crippen LogP contribution >= 0.6 is 0 Å². The van der Waals surface area contributed by atoms with E-state index in [1.54, 1.807) is 49.6 Å². The molecule has 0 radical (unpaired) electrons. The Kier molecular flexibility index (Phi) is 5.68. The number of hydrogen-bond donors (Lipinski definition) is 1. The largest absolute Gasteiger partial charge is 0.497 e. The molecule has 1 N–H and O–H groups in total. The molecule has 24 heavy (non-hydrogen) atoms. The first-order valence-corrected chi connectivity index (χ1v) is 7.07. The van der Waals surface area contributed by atoms with E-state index in [1.807, 2.05) is 0 Å². The van der Waals surface area contributed by atoms with Crippen molar-refractivity contribution in [3.05, 3.63) is 53.8 Å². The molecule has 0 saturated carbocycles. The van der Waals surface area contributed by atoms with E-state index in [0.717, 1.165) is 0 Å².